The quantitative estimate of drug-likeness (QED) is 0.813. The Bertz CT molecular complexity index is 746. The summed E-state index contributed by atoms with van der Waals surface area (Å²) in [4.78, 5) is 22.8. The maximum Gasteiger partial charge on any atom is 0.253 e. The number of hydrogen-bond acceptors (Lipinski definition) is 5. The normalized spacial score (nSPS) is 21.3. The summed E-state index contributed by atoms with van der Waals surface area (Å²) < 4.78 is 12.0. The number of likely N-dealkylation sites (tertiary alicyclic amines) is 1. The molecule has 1 spiro atoms. The molecule has 2 aromatic heterocycles. The third-order valence-corrected chi connectivity index (χ3v) is 5.78. The number of aromatic nitrogens is 2. The van der Waals surface area contributed by atoms with Gasteiger partial charge in [0.1, 0.15) is 0 Å². The lowest BCUT2D eigenvalue weighted by Gasteiger charge is -2.42. The molecule has 0 aliphatic carbocycles. The van der Waals surface area contributed by atoms with Gasteiger partial charge in [0.25, 0.3) is 5.91 Å². The summed E-state index contributed by atoms with van der Waals surface area (Å²) in [6.45, 7) is 2.91. The van der Waals surface area contributed by atoms with Gasteiger partial charge < -0.3 is 14.4 Å². The van der Waals surface area contributed by atoms with Gasteiger partial charge >= 0.3 is 0 Å². The van der Waals surface area contributed by atoms with E-state index < -0.39 is 0 Å². The van der Waals surface area contributed by atoms with Crippen LogP contribution in [0.15, 0.2) is 48.9 Å². The second-order valence-electron chi connectivity index (χ2n) is 7.23. The van der Waals surface area contributed by atoms with Crippen LogP contribution in [0.25, 0.3) is 0 Å². The number of ether oxygens (including phenoxy) is 2. The highest BCUT2D eigenvalue weighted by molar-refractivity contribution is 5.94. The van der Waals surface area contributed by atoms with Crippen molar-refractivity contribution in [3.8, 4) is 5.88 Å². The lowest BCUT2D eigenvalue weighted by Crippen LogP contribution is -2.49. The fraction of sp³-hybridized carbons (Fsp3) is 0.476. The van der Waals surface area contributed by atoms with Crippen molar-refractivity contribution in [3.05, 3.63) is 54.5 Å². The van der Waals surface area contributed by atoms with Crippen molar-refractivity contribution in [2.75, 3.05) is 26.3 Å². The van der Waals surface area contributed by atoms with E-state index in [4.69, 9.17) is 9.47 Å². The maximum absolute atomic E-state index is 12.6. The van der Waals surface area contributed by atoms with Gasteiger partial charge in [0.2, 0.25) is 5.88 Å². The van der Waals surface area contributed by atoms with Crippen molar-refractivity contribution in [1.29, 1.82) is 0 Å². The Balaban J connectivity index is 1.31. The van der Waals surface area contributed by atoms with Crippen molar-refractivity contribution in [1.82, 2.24) is 14.9 Å². The first-order valence-electron chi connectivity index (χ1n) is 9.64. The molecule has 27 heavy (non-hydrogen) atoms. The first kappa shape index (κ1) is 17.9. The molecule has 2 fully saturated rings. The number of carbonyl (C=O) groups excluding carboxylic acids is 1. The molecule has 2 aromatic rings. The van der Waals surface area contributed by atoms with Gasteiger partial charge in [0.15, 0.2) is 0 Å². The smallest absolute Gasteiger partial charge is 0.253 e. The molecule has 0 bridgehead atoms. The third kappa shape index (κ3) is 3.95. The van der Waals surface area contributed by atoms with Gasteiger partial charge in [0, 0.05) is 49.9 Å². The van der Waals surface area contributed by atoms with E-state index >= 15 is 0 Å². The summed E-state index contributed by atoms with van der Waals surface area (Å²) in [6, 6.07) is 9.24. The molecule has 1 atom stereocenters. The highest BCUT2D eigenvalue weighted by Gasteiger charge is 2.46. The Labute approximate surface area is 159 Å². The predicted molar refractivity (Wildman–Crippen MR) is 101 cm³/mol. The summed E-state index contributed by atoms with van der Waals surface area (Å²) in [5, 5.41) is 0. The Kier molecular flexibility index (Phi) is 5.34. The van der Waals surface area contributed by atoms with E-state index in [0.29, 0.717) is 24.0 Å². The first-order chi connectivity index (χ1) is 13.3. The number of nitrogens with zero attached hydrogens (tertiary/aromatic N) is 3. The fourth-order valence-corrected chi connectivity index (χ4v) is 4.25. The van der Waals surface area contributed by atoms with Gasteiger partial charge in [-0.15, -0.1) is 0 Å². The topological polar surface area (TPSA) is 64.6 Å². The number of carbonyl (C=O) groups is 1. The van der Waals surface area contributed by atoms with E-state index in [1.807, 2.05) is 23.1 Å². The van der Waals surface area contributed by atoms with Gasteiger partial charge in [0.05, 0.1) is 12.2 Å². The lowest BCUT2D eigenvalue weighted by atomic mass is 9.78. The van der Waals surface area contributed by atoms with Gasteiger partial charge in [-0.3, -0.25) is 9.78 Å². The molecule has 0 radical (unpaired) electrons. The molecule has 1 amide bonds. The summed E-state index contributed by atoms with van der Waals surface area (Å²) in [6.07, 6.45) is 8.85. The SMILES string of the molecule is O=C(c1ccncc1)N1CCC2(CC1)OCCC2CCOc1ccccn1. The summed E-state index contributed by atoms with van der Waals surface area (Å²) in [7, 11) is 0. The zero-order valence-corrected chi connectivity index (χ0v) is 15.4. The van der Waals surface area contributed by atoms with Crippen molar-refractivity contribution in [2.45, 2.75) is 31.3 Å². The van der Waals surface area contributed by atoms with Crippen LogP contribution in [-0.4, -0.2) is 52.7 Å². The molecule has 2 saturated heterocycles. The van der Waals surface area contributed by atoms with E-state index in [9.17, 15) is 4.79 Å². The van der Waals surface area contributed by atoms with Crippen molar-refractivity contribution in [3.63, 3.8) is 0 Å². The zero-order valence-electron chi connectivity index (χ0n) is 15.4. The minimum atomic E-state index is -0.109. The molecule has 1 unspecified atom stereocenters. The van der Waals surface area contributed by atoms with Crippen molar-refractivity contribution in [2.24, 2.45) is 5.92 Å². The number of amides is 1. The molecule has 4 heterocycles. The number of rotatable bonds is 5. The van der Waals surface area contributed by atoms with Crippen LogP contribution in [-0.2, 0) is 4.74 Å². The van der Waals surface area contributed by atoms with E-state index in [-0.39, 0.29) is 11.5 Å². The lowest BCUT2D eigenvalue weighted by molar-refractivity contribution is -0.0649. The van der Waals surface area contributed by atoms with Gasteiger partial charge in [-0.25, -0.2) is 4.98 Å². The maximum atomic E-state index is 12.6. The Morgan fingerprint density at radius 2 is 2.00 bits per heavy atom. The highest BCUT2D eigenvalue weighted by Crippen LogP contribution is 2.42. The van der Waals surface area contributed by atoms with Crippen LogP contribution in [0.1, 0.15) is 36.0 Å². The molecule has 2 aliphatic heterocycles. The van der Waals surface area contributed by atoms with Crippen molar-refractivity contribution >= 4 is 5.91 Å². The molecule has 0 aromatic carbocycles. The zero-order chi connectivity index (χ0) is 18.5. The van der Waals surface area contributed by atoms with Crippen LogP contribution in [0, 0.1) is 5.92 Å². The highest BCUT2D eigenvalue weighted by atomic mass is 16.5. The molecule has 2 aliphatic rings. The standard InChI is InChI=1S/C21H25N3O3/c25-20(17-4-11-22-12-5-17)24-13-8-21(9-14-24)18(7-16-27-21)6-15-26-19-3-1-2-10-23-19/h1-5,10-12,18H,6-9,13-16H2. The predicted octanol–water partition coefficient (Wildman–Crippen LogP) is 2.96. The van der Waals surface area contributed by atoms with Crippen LogP contribution < -0.4 is 4.74 Å². The van der Waals surface area contributed by atoms with Gasteiger partial charge in [-0.2, -0.15) is 0 Å². The number of hydrogen-bond donors (Lipinski definition) is 0. The number of piperidine rings is 1. The fourth-order valence-electron chi connectivity index (χ4n) is 4.25. The molecular formula is C21H25N3O3. The Morgan fingerprint density at radius 3 is 2.74 bits per heavy atom. The van der Waals surface area contributed by atoms with E-state index in [1.165, 1.54) is 0 Å². The second kappa shape index (κ2) is 8.05. The Hall–Kier alpha value is -2.47. The third-order valence-electron chi connectivity index (χ3n) is 5.78. The Morgan fingerprint density at radius 1 is 1.19 bits per heavy atom. The minimum absolute atomic E-state index is 0.0836. The average molecular weight is 367 g/mol. The van der Waals surface area contributed by atoms with Crippen LogP contribution in [0.4, 0.5) is 0 Å². The molecule has 0 saturated carbocycles. The van der Waals surface area contributed by atoms with E-state index in [1.54, 1.807) is 30.7 Å². The summed E-state index contributed by atoms with van der Waals surface area (Å²) in [5.41, 5.74) is 0.594. The molecule has 4 rings (SSSR count). The van der Waals surface area contributed by atoms with Crippen LogP contribution in [0.3, 0.4) is 0 Å². The molecule has 6 nitrogen and oxygen atoms in total. The molecule has 0 N–H and O–H groups in total. The average Bonchev–Trinajstić information content (AvgIpc) is 3.11. The van der Waals surface area contributed by atoms with E-state index in [2.05, 4.69) is 9.97 Å². The van der Waals surface area contributed by atoms with E-state index in [0.717, 1.165) is 45.4 Å². The van der Waals surface area contributed by atoms with Crippen LogP contribution >= 0.6 is 0 Å². The van der Waals surface area contributed by atoms with Gasteiger partial charge in [-0.1, -0.05) is 6.07 Å². The summed E-state index contributed by atoms with van der Waals surface area (Å²) in [5.74, 6) is 1.22. The molecule has 142 valence electrons. The summed E-state index contributed by atoms with van der Waals surface area (Å²) >= 11 is 0. The largest absolute Gasteiger partial charge is 0.478 e. The van der Waals surface area contributed by atoms with Crippen LogP contribution in [0.2, 0.25) is 0 Å². The number of pyridine rings is 2. The monoisotopic (exact) mass is 367 g/mol. The molecule has 6 heteroatoms. The van der Waals surface area contributed by atoms with Crippen molar-refractivity contribution < 1.29 is 14.3 Å². The minimum Gasteiger partial charge on any atom is -0.478 e. The first-order valence-corrected chi connectivity index (χ1v) is 9.64. The second-order valence-corrected chi connectivity index (χ2v) is 7.23. The van der Waals surface area contributed by atoms with Crippen LogP contribution in [0.5, 0.6) is 5.88 Å². The van der Waals surface area contributed by atoms with Gasteiger partial charge in [-0.05, 0) is 49.8 Å². The molecular weight excluding hydrogens is 342 g/mol.